The summed E-state index contributed by atoms with van der Waals surface area (Å²) in [5, 5.41) is 12.4. The van der Waals surface area contributed by atoms with E-state index in [0.717, 1.165) is 25.9 Å². The lowest BCUT2D eigenvalue weighted by atomic mass is 9.80. The third-order valence-corrected chi connectivity index (χ3v) is 4.36. The van der Waals surface area contributed by atoms with Gasteiger partial charge in [0.1, 0.15) is 6.73 Å². The Balaban J connectivity index is 1.68. The molecular weight excluding hydrogens is 256 g/mol. The highest BCUT2D eigenvalue weighted by atomic mass is 16.5. The molecule has 0 aromatic heterocycles. The van der Waals surface area contributed by atoms with E-state index in [0.29, 0.717) is 12.5 Å². The van der Waals surface area contributed by atoms with Gasteiger partial charge in [-0.25, -0.2) is 4.79 Å². The molecule has 2 aliphatic rings. The second kappa shape index (κ2) is 5.42. The van der Waals surface area contributed by atoms with Gasteiger partial charge in [0.05, 0.1) is 5.60 Å². The maximum absolute atomic E-state index is 10.9. The highest BCUT2D eigenvalue weighted by Gasteiger charge is 2.41. The van der Waals surface area contributed by atoms with Gasteiger partial charge in [-0.1, -0.05) is 30.3 Å². The number of carboxylic acid groups (broad SMARTS) is 1. The van der Waals surface area contributed by atoms with Crippen molar-refractivity contribution in [1.29, 1.82) is 0 Å². The number of rotatable bonds is 1. The Morgan fingerprint density at radius 1 is 1.40 bits per heavy atom. The van der Waals surface area contributed by atoms with Gasteiger partial charge in [-0.05, 0) is 24.3 Å². The summed E-state index contributed by atoms with van der Waals surface area (Å²) in [6, 6.07) is 10.4. The molecule has 2 atom stereocenters. The fourth-order valence-electron chi connectivity index (χ4n) is 3.17. The van der Waals surface area contributed by atoms with E-state index in [2.05, 4.69) is 29.6 Å². The van der Waals surface area contributed by atoms with Crippen LogP contribution < -0.4 is 5.32 Å². The van der Waals surface area contributed by atoms with Crippen molar-refractivity contribution >= 4 is 6.09 Å². The average Bonchev–Trinajstić information content (AvgIpc) is 2.49. The van der Waals surface area contributed by atoms with Gasteiger partial charge < -0.3 is 15.2 Å². The molecule has 1 spiro atoms. The molecule has 1 aromatic rings. The second-order valence-corrected chi connectivity index (χ2v) is 5.70. The number of hydrogen-bond acceptors (Lipinski definition) is 3. The quantitative estimate of drug-likeness (QED) is 0.822. The first-order valence-electron chi connectivity index (χ1n) is 7.06. The summed E-state index contributed by atoms with van der Waals surface area (Å²) >= 11 is 0. The molecule has 20 heavy (non-hydrogen) atoms. The van der Waals surface area contributed by atoms with Crippen LogP contribution in [0.15, 0.2) is 30.3 Å². The molecule has 1 amide bonds. The van der Waals surface area contributed by atoms with Gasteiger partial charge in [-0.3, -0.25) is 4.90 Å². The minimum atomic E-state index is -0.900. The van der Waals surface area contributed by atoms with E-state index in [1.54, 1.807) is 0 Å². The number of amides is 1. The van der Waals surface area contributed by atoms with Crippen LogP contribution in [-0.2, 0) is 4.74 Å². The Hall–Kier alpha value is -1.59. The summed E-state index contributed by atoms with van der Waals surface area (Å²) in [6.45, 7) is 2.50. The first kappa shape index (κ1) is 13.4. The Labute approximate surface area is 118 Å². The topological polar surface area (TPSA) is 61.8 Å². The SMILES string of the molecule is O=C(O)N1CCC2(CNCC(c3ccccc3)C2)OC1. The van der Waals surface area contributed by atoms with Crippen LogP contribution in [0.4, 0.5) is 4.79 Å². The molecule has 2 unspecified atom stereocenters. The molecule has 0 radical (unpaired) electrons. The number of piperidine rings is 1. The number of carbonyl (C=O) groups is 1. The van der Waals surface area contributed by atoms with E-state index >= 15 is 0 Å². The van der Waals surface area contributed by atoms with Crippen molar-refractivity contribution in [2.45, 2.75) is 24.4 Å². The van der Waals surface area contributed by atoms with Crippen molar-refractivity contribution in [3.8, 4) is 0 Å². The van der Waals surface area contributed by atoms with Gasteiger partial charge in [0.2, 0.25) is 0 Å². The fraction of sp³-hybridized carbons (Fsp3) is 0.533. The minimum absolute atomic E-state index is 0.179. The van der Waals surface area contributed by atoms with Crippen LogP contribution in [0.25, 0.3) is 0 Å². The monoisotopic (exact) mass is 276 g/mol. The van der Waals surface area contributed by atoms with E-state index in [1.807, 2.05) is 6.07 Å². The maximum Gasteiger partial charge on any atom is 0.409 e. The van der Waals surface area contributed by atoms with E-state index < -0.39 is 6.09 Å². The van der Waals surface area contributed by atoms with Gasteiger partial charge in [0, 0.05) is 19.6 Å². The average molecular weight is 276 g/mol. The van der Waals surface area contributed by atoms with E-state index in [-0.39, 0.29) is 12.3 Å². The molecule has 2 aliphatic heterocycles. The van der Waals surface area contributed by atoms with Gasteiger partial charge in [0.15, 0.2) is 0 Å². The molecule has 2 fully saturated rings. The standard InChI is InChI=1S/C15H20N2O3/c18-14(19)17-7-6-15(20-11-17)8-13(9-16-10-15)12-4-2-1-3-5-12/h1-5,13,16H,6-11H2,(H,18,19). The molecule has 108 valence electrons. The first-order chi connectivity index (χ1) is 9.69. The zero-order chi connectivity index (χ0) is 14.0. The summed E-state index contributed by atoms with van der Waals surface area (Å²) < 4.78 is 5.91. The smallest absolute Gasteiger partial charge is 0.409 e. The van der Waals surface area contributed by atoms with Crippen molar-refractivity contribution < 1.29 is 14.6 Å². The zero-order valence-corrected chi connectivity index (χ0v) is 11.4. The van der Waals surface area contributed by atoms with Crippen molar-refractivity contribution in [2.75, 3.05) is 26.4 Å². The molecule has 0 bridgehead atoms. The second-order valence-electron chi connectivity index (χ2n) is 5.70. The van der Waals surface area contributed by atoms with Gasteiger partial charge in [-0.15, -0.1) is 0 Å². The number of benzene rings is 1. The van der Waals surface area contributed by atoms with E-state index in [1.165, 1.54) is 10.5 Å². The van der Waals surface area contributed by atoms with E-state index in [4.69, 9.17) is 9.84 Å². The van der Waals surface area contributed by atoms with Crippen molar-refractivity contribution in [3.05, 3.63) is 35.9 Å². The number of nitrogens with zero attached hydrogens (tertiary/aromatic N) is 1. The van der Waals surface area contributed by atoms with Crippen LogP contribution in [0, 0.1) is 0 Å². The molecule has 5 heteroatoms. The molecule has 1 aromatic carbocycles. The highest BCUT2D eigenvalue weighted by Crippen LogP contribution is 2.35. The number of hydrogen-bond donors (Lipinski definition) is 2. The predicted molar refractivity (Wildman–Crippen MR) is 74.7 cm³/mol. The molecule has 5 nitrogen and oxygen atoms in total. The lowest BCUT2D eigenvalue weighted by molar-refractivity contribution is -0.139. The molecule has 2 heterocycles. The fourth-order valence-corrected chi connectivity index (χ4v) is 3.17. The normalized spacial score (nSPS) is 30.4. The van der Waals surface area contributed by atoms with Gasteiger partial charge in [0.25, 0.3) is 0 Å². The van der Waals surface area contributed by atoms with Crippen LogP contribution in [-0.4, -0.2) is 48.1 Å². The summed E-state index contributed by atoms with van der Waals surface area (Å²) in [4.78, 5) is 12.3. The molecule has 0 saturated carbocycles. The summed E-state index contributed by atoms with van der Waals surface area (Å²) in [5.74, 6) is 0.432. The van der Waals surface area contributed by atoms with Crippen LogP contribution in [0.3, 0.4) is 0 Å². The molecule has 3 rings (SSSR count). The minimum Gasteiger partial charge on any atom is -0.465 e. The van der Waals surface area contributed by atoms with Crippen LogP contribution in [0.2, 0.25) is 0 Å². The Kier molecular flexibility index (Phi) is 3.63. The van der Waals surface area contributed by atoms with Crippen molar-refractivity contribution in [1.82, 2.24) is 10.2 Å². The van der Waals surface area contributed by atoms with Crippen molar-refractivity contribution in [2.24, 2.45) is 0 Å². The number of nitrogens with one attached hydrogen (secondary N) is 1. The van der Waals surface area contributed by atoms with Crippen LogP contribution in [0.5, 0.6) is 0 Å². The molecular formula is C15H20N2O3. The first-order valence-corrected chi connectivity index (χ1v) is 7.06. The van der Waals surface area contributed by atoms with Gasteiger partial charge in [-0.2, -0.15) is 0 Å². The highest BCUT2D eigenvalue weighted by molar-refractivity contribution is 5.64. The lowest BCUT2D eigenvalue weighted by Gasteiger charge is -2.46. The summed E-state index contributed by atoms with van der Waals surface area (Å²) in [7, 11) is 0. The Morgan fingerprint density at radius 2 is 2.20 bits per heavy atom. The maximum atomic E-state index is 10.9. The van der Waals surface area contributed by atoms with Crippen LogP contribution >= 0.6 is 0 Å². The van der Waals surface area contributed by atoms with Crippen LogP contribution in [0.1, 0.15) is 24.3 Å². The van der Waals surface area contributed by atoms with Gasteiger partial charge >= 0.3 is 6.09 Å². The number of ether oxygens (including phenoxy) is 1. The largest absolute Gasteiger partial charge is 0.465 e. The Morgan fingerprint density at radius 3 is 2.85 bits per heavy atom. The summed E-state index contributed by atoms with van der Waals surface area (Å²) in [5.41, 5.74) is 1.10. The van der Waals surface area contributed by atoms with E-state index in [9.17, 15) is 4.79 Å². The third kappa shape index (κ3) is 2.64. The molecule has 0 aliphatic carbocycles. The van der Waals surface area contributed by atoms with Crippen molar-refractivity contribution in [3.63, 3.8) is 0 Å². The molecule has 2 N–H and O–H groups in total. The third-order valence-electron chi connectivity index (χ3n) is 4.36. The molecule has 2 saturated heterocycles. The Bertz CT molecular complexity index is 469. The lowest BCUT2D eigenvalue weighted by Crippen LogP contribution is -2.57. The predicted octanol–water partition coefficient (Wildman–Crippen LogP) is 1.86. The summed E-state index contributed by atoms with van der Waals surface area (Å²) in [6.07, 6.45) is 0.816. The zero-order valence-electron chi connectivity index (χ0n) is 11.4.